The van der Waals surface area contributed by atoms with Crippen LogP contribution in [0.4, 0.5) is 13.2 Å². The highest BCUT2D eigenvalue weighted by atomic mass is 127. The molecule has 0 bridgehead atoms. The van der Waals surface area contributed by atoms with Gasteiger partial charge in [-0.15, -0.1) is 37.1 Å². The maximum atomic E-state index is 12.5. The molecule has 0 spiro atoms. The van der Waals surface area contributed by atoms with Gasteiger partial charge in [0.2, 0.25) is 0 Å². The molecule has 0 aliphatic rings. The number of para-hydroxylation sites is 1. The fraction of sp³-hybridized carbons (Fsp3) is 0.350. The van der Waals surface area contributed by atoms with Crippen molar-refractivity contribution in [2.45, 2.75) is 33.0 Å². The van der Waals surface area contributed by atoms with Gasteiger partial charge in [0, 0.05) is 32.3 Å². The van der Waals surface area contributed by atoms with Gasteiger partial charge in [0.1, 0.15) is 5.75 Å². The number of nitrogens with one attached hydrogen (secondary N) is 2. The normalized spacial score (nSPS) is 11.6. The molecule has 0 atom stereocenters. The van der Waals surface area contributed by atoms with E-state index in [2.05, 4.69) is 20.4 Å². The molecule has 2 rings (SSSR count). The Bertz CT molecular complexity index is 768. The Balaban J connectivity index is 0.00000420. The zero-order valence-electron chi connectivity index (χ0n) is 16.3. The van der Waals surface area contributed by atoms with Crippen LogP contribution >= 0.6 is 24.0 Å². The molecule has 2 aromatic carbocycles. The summed E-state index contributed by atoms with van der Waals surface area (Å²) >= 11 is 0. The first-order chi connectivity index (χ1) is 13.4. The number of hydrogen-bond acceptors (Lipinski definition) is 3. The number of rotatable bonds is 8. The lowest BCUT2D eigenvalue weighted by Crippen LogP contribution is -2.36. The minimum atomic E-state index is -4.73. The maximum absolute atomic E-state index is 12.5. The summed E-state index contributed by atoms with van der Waals surface area (Å²) in [5.74, 6) is 0.239. The Morgan fingerprint density at radius 2 is 1.59 bits per heavy atom. The Labute approximate surface area is 185 Å². The summed E-state index contributed by atoms with van der Waals surface area (Å²) in [7, 11) is 1.60. The quantitative estimate of drug-likeness (QED) is 0.302. The standard InChI is InChI=1S/C20H24F3N3O2.HI/c1-3-27-14-16-10-8-15(9-11-16)12-25-19(24-2)26-13-17-6-4-5-7-18(17)28-20(21,22)23;/h4-11H,3,12-14H2,1-2H3,(H2,24,25,26);1H. The fourth-order valence-electron chi connectivity index (χ4n) is 2.43. The van der Waals surface area contributed by atoms with Gasteiger partial charge in [-0.05, 0) is 24.1 Å². The Morgan fingerprint density at radius 1 is 0.966 bits per heavy atom. The van der Waals surface area contributed by atoms with E-state index < -0.39 is 6.36 Å². The predicted molar refractivity (Wildman–Crippen MR) is 117 cm³/mol. The highest BCUT2D eigenvalue weighted by molar-refractivity contribution is 14.0. The van der Waals surface area contributed by atoms with E-state index in [9.17, 15) is 13.2 Å². The molecule has 29 heavy (non-hydrogen) atoms. The van der Waals surface area contributed by atoms with Crippen molar-refractivity contribution in [1.29, 1.82) is 0 Å². The number of guanidine groups is 1. The molecule has 5 nitrogen and oxygen atoms in total. The first-order valence-corrected chi connectivity index (χ1v) is 8.85. The van der Waals surface area contributed by atoms with E-state index in [1.165, 1.54) is 12.1 Å². The minimum absolute atomic E-state index is 0. The van der Waals surface area contributed by atoms with Crippen molar-refractivity contribution in [1.82, 2.24) is 10.6 Å². The molecule has 0 heterocycles. The molecule has 9 heteroatoms. The second-order valence-electron chi connectivity index (χ2n) is 5.89. The van der Waals surface area contributed by atoms with Crippen molar-refractivity contribution < 1.29 is 22.6 Å². The van der Waals surface area contributed by atoms with Gasteiger partial charge in [0.05, 0.1) is 6.61 Å². The lowest BCUT2D eigenvalue weighted by molar-refractivity contribution is -0.274. The molecule has 0 unspecified atom stereocenters. The average Bonchev–Trinajstić information content (AvgIpc) is 2.67. The Kier molecular flexibility index (Phi) is 10.8. The molecule has 0 aliphatic carbocycles. The van der Waals surface area contributed by atoms with Gasteiger partial charge in [-0.2, -0.15) is 0 Å². The summed E-state index contributed by atoms with van der Waals surface area (Å²) in [6.45, 7) is 3.86. The molecule has 0 aliphatic heterocycles. The van der Waals surface area contributed by atoms with Gasteiger partial charge >= 0.3 is 6.36 Å². The number of ether oxygens (including phenoxy) is 2. The number of benzene rings is 2. The van der Waals surface area contributed by atoms with Crippen molar-refractivity contribution in [3.8, 4) is 5.75 Å². The van der Waals surface area contributed by atoms with Crippen molar-refractivity contribution in [2.24, 2.45) is 4.99 Å². The molecular weight excluding hydrogens is 498 g/mol. The first-order valence-electron chi connectivity index (χ1n) is 8.85. The first kappa shape index (κ1) is 25.0. The zero-order chi connectivity index (χ0) is 20.4. The molecule has 160 valence electrons. The SMILES string of the molecule is CCOCc1ccc(CNC(=NC)NCc2ccccc2OC(F)(F)F)cc1.I. The van der Waals surface area contributed by atoms with Crippen LogP contribution in [0.2, 0.25) is 0 Å². The number of aliphatic imine (C=N–C) groups is 1. The van der Waals surface area contributed by atoms with Gasteiger partial charge in [0.15, 0.2) is 5.96 Å². The topological polar surface area (TPSA) is 54.9 Å². The summed E-state index contributed by atoms with van der Waals surface area (Å²) in [6, 6.07) is 14.0. The van der Waals surface area contributed by atoms with E-state index in [0.29, 0.717) is 31.3 Å². The van der Waals surface area contributed by atoms with E-state index in [1.807, 2.05) is 31.2 Å². The van der Waals surface area contributed by atoms with Gasteiger partial charge in [-0.25, -0.2) is 0 Å². The molecule has 0 aromatic heterocycles. The van der Waals surface area contributed by atoms with Crippen LogP contribution in [0.1, 0.15) is 23.6 Å². The van der Waals surface area contributed by atoms with Gasteiger partial charge in [-0.3, -0.25) is 4.99 Å². The number of halogens is 4. The van der Waals surface area contributed by atoms with Crippen molar-refractivity contribution in [2.75, 3.05) is 13.7 Å². The summed E-state index contributed by atoms with van der Waals surface area (Å²) in [6.07, 6.45) is -4.73. The average molecular weight is 523 g/mol. The van der Waals surface area contributed by atoms with Gasteiger partial charge < -0.3 is 20.1 Å². The van der Waals surface area contributed by atoms with Crippen LogP contribution < -0.4 is 15.4 Å². The van der Waals surface area contributed by atoms with Crippen molar-refractivity contribution in [3.05, 3.63) is 65.2 Å². The monoisotopic (exact) mass is 523 g/mol. The van der Waals surface area contributed by atoms with Crippen LogP contribution in [0.3, 0.4) is 0 Å². The summed E-state index contributed by atoms with van der Waals surface area (Å²) < 4.78 is 46.9. The van der Waals surface area contributed by atoms with Crippen LogP contribution in [0.25, 0.3) is 0 Å². The van der Waals surface area contributed by atoms with Crippen LogP contribution in [-0.4, -0.2) is 26.0 Å². The summed E-state index contributed by atoms with van der Waals surface area (Å²) in [5, 5.41) is 6.12. The van der Waals surface area contributed by atoms with Crippen LogP contribution in [0.15, 0.2) is 53.5 Å². The third kappa shape index (κ3) is 9.35. The molecular formula is C20H25F3IN3O2. The van der Waals surface area contributed by atoms with E-state index in [1.54, 1.807) is 19.2 Å². The second-order valence-corrected chi connectivity index (χ2v) is 5.89. The molecule has 0 radical (unpaired) electrons. The van der Waals surface area contributed by atoms with Gasteiger partial charge in [0.25, 0.3) is 0 Å². The lowest BCUT2D eigenvalue weighted by atomic mass is 10.1. The third-order valence-corrected chi connectivity index (χ3v) is 3.82. The molecule has 2 N–H and O–H groups in total. The van der Waals surface area contributed by atoms with Crippen LogP contribution in [0.5, 0.6) is 5.75 Å². The number of alkyl halides is 3. The van der Waals surface area contributed by atoms with Crippen LogP contribution in [-0.2, 0) is 24.4 Å². The largest absolute Gasteiger partial charge is 0.573 e. The minimum Gasteiger partial charge on any atom is -0.405 e. The van der Waals surface area contributed by atoms with E-state index in [4.69, 9.17) is 4.74 Å². The second kappa shape index (κ2) is 12.5. The highest BCUT2D eigenvalue weighted by Crippen LogP contribution is 2.26. The van der Waals surface area contributed by atoms with Gasteiger partial charge in [-0.1, -0.05) is 42.5 Å². The lowest BCUT2D eigenvalue weighted by Gasteiger charge is -2.15. The predicted octanol–water partition coefficient (Wildman–Crippen LogP) is 4.60. The third-order valence-electron chi connectivity index (χ3n) is 3.82. The van der Waals surface area contributed by atoms with Crippen LogP contribution in [0, 0.1) is 0 Å². The maximum Gasteiger partial charge on any atom is 0.573 e. The molecule has 0 fully saturated rings. The van der Waals surface area contributed by atoms with Crippen molar-refractivity contribution in [3.63, 3.8) is 0 Å². The number of nitrogens with zero attached hydrogens (tertiary/aromatic N) is 1. The molecule has 0 amide bonds. The Morgan fingerprint density at radius 3 is 2.21 bits per heavy atom. The Hall–Kier alpha value is -2.01. The molecule has 0 saturated heterocycles. The van der Waals surface area contributed by atoms with Crippen molar-refractivity contribution >= 4 is 29.9 Å². The summed E-state index contributed by atoms with van der Waals surface area (Å²) in [5.41, 5.74) is 2.52. The number of hydrogen-bond donors (Lipinski definition) is 2. The zero-order valence-corrected chi connectivity index (χ0v) is 18.6. The molecule has 2 aromatic rings. The summed E-state index contributed by atoms with van der Waals surface area (Å²) in [4.78, 5) is 4.09. The fourth-order valence-corrected chi connectivity index (χ4v) is 2.43. The van der Waals surface area contributed by atoms with E-state index >= 15 is 0 Å². The molecule has 0 saturated carbocycles. The van der Waals surface area contributed by atoms with E-state index in [-0.39, 0.29) is 36.3 Å². The smallest absolute Gasteiger partial charge is 0.405 e. The van der Waals surface area contributed by atoms with E-state index in [0.717, 1.165) is 11.1 Å². The highest BCUT2D eigenvalue weighted by Gasteiger charge is 2.31.